The molecule has 1 aromatic carbocycles. The Hall–Kier alpha value is -2.44. The van der Waals surface area contributed by atoms with Gasteiger partial charge < -0.3 is 9.47 Å². The van der Waals surface area contributed by atoms with Crippen LogP contribution in [-0.4, -0.2) is 23.5 Å². The predicted octanol–water partition coefficient (Wildman–Crippen LogP) is 1.84. The van der Waals surface area contributed by atoms with Crippen LogP contribution in [0.2, 0.25) is 0 Å². The van der Waals surface area contributed by atoms with Crippen LogP contribution in [0.25, 0.3) is 5.69 Å². The summed E-state index contributed by atoms with van der Waals surface area (Å²) < 4.78 is 34.9. The van der Waals surface area contributed by atoms with Gasteiger partial charge in [-0.3, -0.25) is 4.79 Å². The van der Waals surface area contributed by atoms with Gasteiger partial charge >= 0.3 is 6.61 Å². The molecule has 0 saturated carbocycles. The first-order valence-corrected chi connectivity index (χ1v) is 5.29. The number of alkyl halides is 2. The summed E-state index contributed by atoms with van der Waals surface area (Å²) in [5.41, 5.74) is -0.0716. The summed E-state index contributed by atoms with van der Waals surface area (Å²) >= 11 is 0. The maximum absolute atomic E-state index is 12.3. The van der Waals surface area contributed by atoms with Crippen LogP contribution in [0, 0.1) is 0 Å². The van der Waals surface area contributed by atoms with E-state index in [2.05, 4.69) is 9.84 Å². The van der Waals surface area contributed by atoms with E-state index in [0.717, 1.165) is 4.68 Å². The molecule has 0 radical (unpaired) electrons. The van der Waals surface area contributed by atoms with Crippen molar-refractivity contribution in [2.45, 2.75) is 6.61 Å². The Morgan fingerprint density at radius 2 is 2.05 bits per heavy atom. The van der Waals surface area contributed by atoms with Crippen LogP contribution in [0.3, 0.4) is 0 Å². The highest BCUT2D eigenvalue weighted by atomic mass is 19.3. The van der Waals surface area contributed by atoms with Crippen molar-refractivity contribution in [1.82, 2.24) is 9.78 Å². The molecule has 0 aliphatic heterocycles. The monoisotopic (exact) mass is 268 g/mol. The summed E-state index contributed by atoms with van der Waals surface area (Å²) in [4.78, 5) is 11.6. The minimum absolute atomic E-state index is 0.146. The van der Waals surface area contributed by atoms with Crippen molar-refractivity contribution in [3.63, 3.8) is 0 Å². The van der Waals surface area contributed by atoms with Gasteiger partial charge in [-0.1, -0.05) is 0 Å². The lowest BCUT2D eigenvalue weighted by atomic mass is 10.2. The lowest BCUT2D eigenvalue weighted by Crippen LogP contribution is -2.19. The molecule has 5 nitrogen and oxygen atoms in total. The number of ether oxygens (including phenoxy) is 2. The number of rotatable bonds is 4. The average molecular weight is 268 g/mol. The van der Waals surface area contributed by atoms with E-state index >= 15 is 0 Å². The highest BCUT2D eigenvalue weighted by Crippen LogP contribution is 2.30. The summed E-state index contributed by atoms with van der Waals surface area (Å²) in [6.07, 6.45) is 1.42. The molecule has 0 bridgehead atoms. The Labute approximate surface area is 107 Å². The van der Waals surface area contributed by atoms with Crippen molar-refractivity contribution in [2.24, 2.45) is 0 Å². The number of benzene rings is 1. The molecule has 1 heterocycles. The fourth-order valence-electron chi connectivity index (χ4n) is 1.54. The van der Waals surface area contributed by atoms with E-state index in [1.54, 1.807) is 0 Å². The standard InChI is InChI=1S/C12H10F2N2O3/c1-18-9-5-4-8(7-10(9)19-12(13)14)16-11(17)3-2-6-15-16/h2-7,12H,1H3. The second-order valence-corrected chi connectivity index (χ2v) is 3.49. The van der Waals surface area contributed by atoms with Crippen LogP contribution >= 0.6 is 0 Å². The molecule has 7 heteroatoms. The van der Waals surface area contributed by atoms with Gasteiger partial charge in [-0.15, -0.1) is 0 Å². The van der Waals surface area contributed by atoms with Gasteiger partial charge in [-0.25, -0.2) is 0 Å². The van der Waals surface area contributed by atoms with Crippen LogP contribution in [0.1, 0.15) is 0 Å². The Bertz CT molecular complexity index is 628. The molecular formula is C12H10F2N2O3. The highest BCUT2D eigenvalue weighted by molar-refractivity contribution is 5.48. The molecule has 1 aromatic heterocycles. The van der Waals surface area contributed by atoms with Crippen LogP contribution in [0.4, 0.5) is 8.78 Å². The van der Waals surface area contributed by atoms with Gasteiger partial charge in [0.15, 0.2) is 11.5 Å². The average Bonchev–Trinajstić information content (AvgIpc) is 2.38. The molecular weight excluding hydrogens is 258 g/mol. The summed E-state index contributed by atoms with van der Waals surface area (Å²) in [5, 5.41) is 3.84. The fraction of sp³-hybridized carbons (Fsp3) is 0.167. The summed E-state index contributed by atoms with van der Waals surface area (Å²) in [5.74, 6) is -0.0133. The van der Waals surface area contributed by atoms with Crippen LogP contribution in [-0.2, 0) is 0 Å². The molecule has 0 unspecified atom stereocenters. The van der Waals surface area contributed by atoms with Gasteiger partial charge in [0.1, 0.15) is 0 Å². The van der Waals surface area contributed by atoms with Crippen molar-refractivity contribution in [1.29, 1.82) is 0 Å². The number of hydrogen-bond acceptors (Lipinski definition) is 4. The van der Waals surface area contributed by atoms with E-state index in [9.17, 15) is 13.6 Å². The third-order valence-corrected chi connectivity index (χ3v) is 2.32. The van der Waals surface area contributed by atoms with Gasteiger partial charge in [-0.05, 0) is 18.2 Å². The van der Waals surface area contributed by atoms with Crippen molar-refractivity contribution < 1.29 is 18.3 Å². The molecule has 19 heavy (non-hydrogen) atoms. The zero-order chi connectivity index (χ0) is 13.8. The SMILES string of the molecule is COc1ccc(-n2ncccc2=O)cc1OC(F)F. The van der Waals surface area contributed by atoms with Crippen molar-refractivity contribution in [3.05, 3.63) is 46.9 Å². The topological polar surface area (TPSA) is 53.4 Å². The maximum Gasteiger partial charge on any atom is 0.387 e. The molecule has 0 fully saturated rings. The molecule has 2 aromatic rings. The molecule has 0 atom stereocenters. The van der Waals surface area contributed by atoms with E-state index in [1.807, 2.05) is 0 Å². The van der Waals surface area contributed by atoms with E-state index in [1.165, 1.54) is 43.6 Å². The Balaban J connectivity index is 2.49. The van der Waals surface area contributed by atoms with Gasteiger partial charge in [0.2, 0.25) is 0 Å². The second-order valence-electron chi connectivity index (χ2n) is 3.49. The normalized spacial score (nSPS) is 10.5. The third kappa shape index (κ3) is 2.87. The van der Waals surface area contributed by atoms with Gasteiger partial charge in [0.05, 0.1) is 12.8 Å². The number of halogens is 2. The van der Waals surface area contributed by atoms with Crippen molar-refractivity contribution in [2.75, 3.05) is 7.11 Å². The minimum Gasteiger partial charge on any atom is -0.493 e. The minimum atomic E-state index is -2.98. The lowest BCUT2D eigenvalue weighted by molar-refractivity contribution is -0.0512. The summed E-state index contributed by atoms with van der Waals surface area (Å²) in [6, 6.07) is 7.00. The Morgan fingerprint density at radius 1 is 1.26 bits per heavy atom. The summed E-state index contributed by atoms with van der Waals surface area (Å²) in [7, 11) is 1.33. The van der Waals surface area contributed by atoms with Crippen LogP contribution in [0.15, 0.2) is 41.3 Å². The second kappa shape index (κ2) is 5.47. The number of hydrogen-bond donors (Lipinski definition) is 0. The van der Waals surface area contributed by atoms with Crippen molar-refractivity contribution in [3.8, 4) is 17.2 Å². The largest absolute Gasteiger partial charge is 0.493 e. The lowest BCUT2D eigenvalue weighted by Gasteiger charge is -2.11. The molecule has 0 aliphatic rings. The third-order valence-electron chi connectivity index (χ3n) is 2.32. The van der Waals surface area contributed by atoms with E-state index in [0.29, 0.717) is 5.69 Å². The molecule has 0 N–H and O–H groups in total. The first-order chi connectivity index (χ1) is 9.11. The number of aromatic nitrogens is 2. The Morgan fingerprint density at radius 3 is 2.68 bits per heavy atom. The quantitative estimate of drug-likeness (QED) is 0.849. The maximum atomic E-state index is 12.3. The van der Waals surface area contributed by atoms with Gasteiger partial charge in [0, 0.05) is 18.3 Å². The summed E-state index contributed by atoms with van der Waals surface area (Å²) in [6.45, 7) is -2.98. The van der Waals surface area contributed by atoms with E-state index < -0.39 is 6.61 Å². The molecule has 2 rings (SSSR count). The van der Waals surface area contributed by atoms with Crippen LogP contribution in [0.5, 0.6) is 11.5 Å². The molecule has 0 amide bonds. The van der Waals surface area contributed by atoms with Crippen molar-refractivity contribution >= 4 is 0 Å². The van der Waals surface area contributed by atoms with Gasteiger partial charge in [-0.2, -0.15) is 18.6 Å². The fourth-order valence-corrected chi connectivity index (χ4v) is 1.54. The van der Waals surface area contributed by atoms with Gasteiger partial charge in [0.25, 0.3) is 5.56 Å². The smallest absolute Gasteiger partial charge is 0.387 e. The Kier molecular flexibility index (Phi) is 3.74. The molecule has 100 valence electrons. The number of methoxy groups -OCH3 is 1. The van der Waals surface area contributed by atoms with Crippen LogP contribution < -0.4 is 15.0 Å². The number of nitrogens with zero attached hydrogens (tertiary/aromatic N) is 2. The molecule has 0 saturated heterocycles. The van der Waals surface area contributed by atoms with E-state index in [4.69, 9.17) is 4.74 Å². The molecule has 0 aliphatic carbocycles. The first kappa shape index (κ1) is 13.0. The predicted molar refractivity (Wildman–Crippen MR) is 63.0 cm³/mol. The van der Waals surface area contributed by atoms with E-state index in [-0.39, 0.29) is 17.1 Å². The highest BCUT2D eigenvalue weighted by Gasteiger charge is 2.12. The first-order valence-electron chi connectivity index (χ1n) is 5.29. The molecule has 0 spiro atoms. The zero-order valence-electron chi connectivity index (χ0n) is 9.92. The zero-order valence-corrected chi connectivity index (χ0v) is 9.92.